The van der Waals surface area contributed by atoms with E-state index in [-0.39, 0.29) is 29.5 Å². The van der Waals surface area contributed by atoms with Gasteiger partial charge in [-0.1, -0.05) is 18.2 Å². The van der Waals surface area contributed by atoms with Gasteiger partial charge in [0.25, 0.3) is 0 Å². The van der Waals surface area contributed by atoms with Crippen molar-refractivity contribution in [3.05, 3.63) is 48.0 Å². The van der Waals surface area contributed by atoms with E-state index in [1.807, 2.05) is 32.0 Å². The molecule has 1 unspecified atom stereocenters. The smallest absolute Gasteiger partial charge is 0.244 e. The van der Waals surface area contributed by atoms with E-state index in [4.69, 9.17) is 9.47 Å². The highest BCUT2D eigenvalue weighted by molar-refractivity contribution is 7.89. The molecular weight excluding hydrogens is 454 g/mol. The molecule has 1 N–H and O–H groups in total. The topological polar surface area (TPSA) is 88.2 Å². The molecule has 2 heterocycles. The Bertz CT molecular complexity index is 1130. The Kier molecular flexibility index (Phi) is 7.45. The first-order chi connectivity index (χ1) is 16.3. The number of benzene rings is 2. The fourth-order valence-corrected chi connectivity index (χ4v) is 5.84. The zero-order chi connectivity index (χ0) is 24.3. The van der Waals surface area contributed by atoms with E-state index in [0.29, 0.717) is 37.7 Å². The maximum Gasteiger partial charge on any atom is 0.244 e. The number of sulfonamides is 1. The Balaban J connectivity index is 1.58. The largest absolute Gasteiger partial charge is 0.489 e. The normalized spacial score (nSPS) is 19.1. The zero-order valence-electron chi connectivity index (χ0n) is 20.0. The molecule has 0 saturated carbocycles. The van der Waals surface area contributed by atoms with Crippen LogP contribution < -0.4 is 15.0 Å². The molecule has 0 aromatic heterocycles. The van der Waals surface area contributed by atoms with Crippen LogP contribution in [0.25, 0.3) is 0 Å². The average Bonchev–Trinajstić information content (AvgIpc) is 2.82. The first-order valence-corrected chi connectivity index (χ1v) is 13.2. The van der Waals surface area contributed by atoms with E-state index in [1.165, 1.54) is 22.0 Å². The predicted octanol–water partition coefficient (Wildman–Crippen LogP) is 3.27. The van der Waals surface area contributed by atoms with Crippen LogP contribution in [0.1, 0.15) is 32.8 Å². The summed E-state index contributed by atoms with van der Waals surface area (Å²) in [6.45, 7) is 7.40. The molecule has 1 fully saturated rings. The number of hydrogen-bond donors (Lipinski definition) is 1. The Hall–Kier alpha value is -2.62. The van der Waals surface area contributed by atoms with Crippen molar-refractivity contribution < 1.29 is 22.7 Å². The second kappa shape index (κ2) is 10.3. The Labute approximate surface area is 201 Å². The molecular formula is C25H33N3O5S. The second-order valence-electron chi connectivity index (χ2n) is 9.03. The summed E-state index contributed by atoms with van der Waals surface area (Å²) in [4.78, 5) is 15.4. The van der Waals surface area contributed by atoms with Crippen LogP contribution in [-0.4, -0.2) is 63.6 Å². The summed E-state index contributed by atoms with van der Waals surface area (Å²) in [6.07, 6.45) is 1.83. The SMILES string of the molecule is CC(C)Oc1ccc(S(=O)(=O)N2CCOCC2)cc1NC(=O)CN1c2ccccc2CCC1C. The Morgan fingerprint density at radius 1 is 1.18 bits per heavy atom. The second-order valence-corrected chi connectivity index (χ2v) is 11.0. The van der Waals surface area contributed by atoms with Crippen LogP contribution in [-0.2, 0) is 26.0 Å². The van der Waals surface area contributed by atoms with Crippen molar-refractivity contribution in [1.82, 2.24) is 4.31 Å². The van der Waals surface area contributed by atoms with Crippen molar-refractivity contribution in [2.45, 2.75) is 50.7 Å². The number of amides is 1. The number of aryl methyl sites for hydroxylation is 1. The molecule has 0 radical (unpaired) electrons. The number of para-hydroxylation sites is 1. The minimum Gasteiger partial charge on any atom is -0.489 e. The highest BCUT2D eigenvalue weighted by Gasteiger charge is 2.28. The molecule has 0 aliphatic carbocycles. The fraction of sp³-hybridized carbons (Fsp3) is 0.480. The number of anilines is 2. The van der Waals surface area contributed by atoms with E-state index >= 15 is 0 Å². The summed E-state index contributed by atoms with van der Waals surface area (Å²) in [5.74, 6) is 0.217. The summed E-state index contributed by atoms with van der Waals surface area (Å²) in [5.41, 5.74) is 2.65. The molecule has 1 amide bonds. The van der Waals surface area contributed by atoms with Crippen molar-refractivity contribution in [3.63, 3.8) is 0 Å². The van der Waals surface area contributed by atoms with Crippen molar-refractivity contribution in [2.75, 3.05) is 43.1 Å². The predicted molar refractivity (Wildman–Crippen MR) is 132 cm³/mol. The van der Waals surface area contributed by atoms with Crippen LogP contribution in [0.3, 0.4) is 0 Å². The van der Waals surface area contributed by atoms with Gasteiger partial charge in [-0.25, -0.2) is 8.42 Å². The van der Waals surface area contributed by atoms with Crippen molar-refractivity contribution in [2.24, 2.45) is 0 Å². The lowest BCUT2D eigenvalue weighted by atomic mass is 9.96. The zero-order valence-corrected chi connectivity index (χ0v) is 20.8. The third-order valence-electron chi connectivity index (χ3n) is 6.17. The Morgan fingerprint density at radius 3 is 2.65 bits per heavy atom. The minimum atomic E-state index is -3.71. The first-order valence-electron chi connectivity index (χ1n) is 11.8. The van der Waals surface area contributed by atoms with Gasteiger partial charge in [-0.05, 0) is 63.4 Å². The van der Waals surface area contributed by atoms with Gasteiger partial charge in [0.1, 0.15) is 5.75 Å². The summed E-state index contributed by atoms with van der Waals surface area (Å²) >= 11 is 0. The molecule has 0 bridgehead atoms. The number of hydrogen-bond acceptors (Lipinski definition) is 6. The van der Waals surface area contributed by atoms with Crippen LogP contribution in [0.2, 0.25) is 0 Å². The van der Waals surface area contributed by atoms with E-state index in [9.17, 15) is 13.2 Å². The standard InChI is InChI=1S/C25H33N3O5S/c1-18(2)33-24-11-10-21(34(30,31)27-12-14-32-15-13-27)16-22(24)26-25(29)17-28-19(3)8-9-20-6-4-5-7-23(20)28/h4-7,10-11,16,18-19H,8-9,12-15,17H2,1-3H3,(H,26,29). The molecule has 1 saturated heterocycles. The third-order valence-corrected chi connectivity index (χ3v) is 8.07. The number of nitrogens with one attached hydrogen (secondary N) is 1. The molecule has 2 aliphatic heterocycles. The van der Waals surface area contributed by atoms with E-state index in [0.717, 1.165) is 18.5 Å². The molecule has 4 rings (SSSR count). The van der Waals surface area contributed by atoms with Crippen molar-refractivity contribution >= 4 is 27.3 Å². The van der Waals surface area contributed by atoms with Crippen LogP contribution in [0.4, 0.5) is 11.4 Å². The van der Waals surface area contributed by atoms with E-state index in [1.54, 1.807) is 6.07 Å². The minimum absolute atomic E-state index is 0.123. The van der Waals surface area contributed by atoms with Crippen LogP contribution >= 0.6 is 0 Å². The molecule has 2 aromatic rings. The first kappa shape index (κ1) is 24.5. The summed E-state index contributed by atoms with van der Waals surface area (Å²) in [7, 11) is -3.71. The quantitative estimate of drug-likeness (QED) is 0.645. The molecule has 2 aromatic carbocycles. The van der Waals surface area contributed by atoms with Gasteiger partial charge >= 0.3 is 0 Å². The number of fused-ring (bicyclic) bond motifs is 1. The van der Waals surface area contributed by atoms with Gasteiger partial charge in [0.05, 0.1) is 36.4 Å². The lowest BCUT2D eigenvalue weighted by Crippen LogP contribution is -2.42. The number of ether oxygens (including phenoxy) is 2. The third kappa shape index (κ3) is 5.37. The maximum atomic E-state index is 13.2. The van der Waals surface area contributed by atoms with Gasteiger partial charge in [0.2, 0.25) is 15.9 Å². The molecule has 34 heavy (non-hydrogen) atoms. The summed E-state index contributed by atoms with van der Waals surface area (Å²) in [5, 5.41) is 2.92. The fourth-order valence-electron chi connectivity index (χ4n) is 4.41. The lowest BCUT2D eigenvalue weighted by molar-refractivity contribution is -0.115. The van der Waals surface area contributed by atoms with Crippen molar-refractivity contribution in [3.8, 4) is 5.75 Å². The highest BCUT2D eigenvalue weighted by atomic mass is 32.2. The van der Waals surface area contributed by atoms with Crippen LogP contribution in [0.5, 0.6) is 5.75 Å². The molecule has 1 atom stereocenters. The Morgan fingerprint density at radius 2 is 1.91 bits per heavy atom. The van der Waals surface area contributed by atoms with E-state index in [2.05, 4.69) is 23.2 Å². The van der Waals surface area contributed by atoms with Gasteiger partial charge in [-0.3, -0.25) is 4.79 Å². The number of morpholine rings is 1. The number of rotatable bonds is 7. The molecule has 9 heteroatoms. The molecule has 2 aliphatic rings. The van der Waals surface area contributed by atoms with Gasteiger partial charge in [0, 0.05) is 24.8 Å². The number of carbonyl (C=O) groups is 1. The van der Waals surface area contributed by atoms with Gasteiger partial charge in [-0.15, -0.1) is 0 Å². The molecule has 0 spiro atoms. The van der Waals surface area contributed by atoms with Crippen LogP contribution in [0.15, 0.2) is 47.4 Å². The van der Waals surface area contributed by atoms with Crippen molar-refractivity contribution in [1.29, 1.82) is 0 Å². The van der Waals surface area contributed by atoms with Gasteiger partial charge < -0.3 is 19.7 Å². The number of carbonyl (C=O) groups excluding carboxylic acids is 1. The summed E-state index contributed by atoms with van der Waals surface area (Å²) in [6, 6.07) is 13.0. The molecule has 8 nitrogen and oxygen atoms in total. The van der Waals surface area contributed by atoms with Gasteiger partial charge in [0.15, 0.2) is 0 Å². The number of nitrogens with zero attached hydrogens (tertiary/aromatic N) is 2. The lowest BCUT2D eigenvalue weighted by Gasteiger charge is -2.36. The van der Waals surface area contributed by atoms with Crippen LogP contribution in [0, 0.1) is 0 Å². The highest BCUT2D eigenvalue weighted by Crippen LogP contribution is 2.32. The maximum absolute atomic E-state index is 13.2. The summed E-state index contributed by atoms with van der Waals surface area (Å²) < 4.78 is 38.9. The average molecular weight is 488 g/mol. The molecule has 184 valence electrons. The monoisotopic (exact) mass is 487 g/mol. The van der Waals surface area contributed by atoms with Gasteiger partial charge in [-0.2, -0.15) is 4.31 Å². The van der Waals surface area contributed by atoms with E-state index < -0.39 is 10.0 Å².